The monoisotopic (exact) mass is 300 g/mol. The summed E-state index contributed by atoms with van der Waals surface area (Å²) >= 11 is 0. The third kappa shape index (κ3) is 2.75. The molecule has 0 aromatic heterocycles. The minimum Gasteiger partial charge on any atom is -0.276 e. The predicted octanol–water partition coefficient (Wildman–Crippen LogP) is 0.542. The van der Waals surface area contributed by atoms with Crippen molar-refractivity contribution in [3.8, 4) is 5.75 Å². The molecule has 0 bridgehead atoms. The van der Waals surface area contributed by atoms with Crippen molar-refractivity contribution in [2.24, 2.45) is 4.99 Å². The molecular formula is C8H4N4O9. The summed E-state index contributed by atoms with van der Waals surface area (Å²) in [6.45, 7) is 0. The molecule has 13 heteroatoms. The van der Waals surface area contributed by atoms with Crippen molar-refractivity contribution in [1.82, 2.24) is 0 Å². The first-order valence-electron chi connectivity index (χ1n) is 5.01. The Kier molecular flexibility index (Phi) is 3.23. The smallest absolute Gasteiger partial charge is 0.276 e. The molecule has 0 spiro atoms. The summed E-state index contributed by atoms with van der Waals surface area (Å²) in [7, 11) is 0. The molecule has 13 nitrogen and oxygen atoms in total. The molecule has 0 saturated heterocycles. The highest BCUT2D eigenvalue weighted by Gasteiger charge is 2.45. The van der Waals surface area contributed by atoms with Crippen LogP contribution in [0.25, 0.3) is 0 Å². The quantitative estimate of drug-likeness (QED) is 0.413. The fourth-order valence-electron chi connectivity index (χ4n) is 1.66. The molecule has 1 aliphatic rings. The van der Waals surface area contributed by atoms with E-state index in [4.69, 9.17) is 0 Å². The van der Waals surface area contributed by atoms with E-state index in [9.17, 15) is 30.3 Å². The Labute approximate surface area is 113 Å². The van der Waals surface area contributed by atoms with Gasteiger partial charge in [0.05, 0.1) is 11.9 Å². The first-order chi connectivity index (χ1) is 9.82. The number of rotatable bonds is 6. The number of hydrogen-bond acceptors (Lipinski definition) is 10. The van der Waals surface area contributed by atoms with E-state index in [1.165, 1.54) is 6.07 Å². The van der Waals surface area contributed by atoms with E-state index in [0.717, 1.165) is 12.1 Å². The molecule has 1 aliphatic heterocycles. The maximum Gasteiger partial charge on any atom is 0.326 e. The number of hydrogen-bond donors (Lipinski definition) is 0. The standard InChI is InChI=1S/C8H4N4O9/c13-10(14)19-5-1-2-7-6(3-5)8(4-9-7,20-11(15)16)21-12(17)18/h1-4H. The van der Waals surface area contributed by atoms with Crippen LogP contribution in [0.5, 0.6) is 5.75 Å². The zero-order valence-corrected chi connectivity index (χ0v) is 9.77. The fraction of sp³-hybridized carbons (Fsp3) is 0.125. The summed E-state index contributed by atoms with van der Waals surface area (Å²) in [4.78, 5) is 47.4. The second-order valence-corrected chi connectivity index (χ2v) is 3.55. The average molecular weight is 300 g/mol. The zero-order valence-electron chi connectivity index (χ0n) is 9.77. The van der Waals surface area contributed by atoms with Crippen LogP contribution in [0.15, 0.2) is 23.2 Å². The third-order valence-electron chi connectivity index (χ3n) is 2.32. The van der Waals surface area contributed by atoms with Crippen LogP contribution in [0.4, 0.5) is 5.69 Å². The molecule has 0 fully saturated rings. The van der Waals surface area contributed by atoms with Crippen LogP contribution in [-0.2, 0) is 15.5 Å². The second kappa shape index (κ2) is 4.87. The van der Waals surface area contributed by atoms with E-state index in [1.54, 1.807) is 0 Å². The first-order valence-corrected chi connectivity index (χ1v) is 5.01. The van der Waals surface area contributed by atoms with Crippen molar-refractivity contribution in [2.45, 2.75) is 5.79 Å². The topological polar surface area (TPSA) is 169 Å². The van der Waals surface area contributed by atoms with E-state index >= 15 is 0 Å². The summed E-state index contributed by atoms with van der Waals surface area (Å²) in [5.74, 6) is -2.88. The van der Waals surface area contributed by atoms with Crippen LogP contribution in [-0.4, -0.2) is 21.5 Å². The van der Waals surface area contributed by atoms with Gasteiger partial charge >= 0.3 is 5.79 Å². The minimum absolute atomic E-state index is 0.0365. The molecule has 0 N–H and O–H groups in total. The van der Waals surface area contributed by atoms with Gasteiger partial charge in [-0.1, -0.05) is 0 Å². The summed E-state index contributed by atoms with van der Waals surface area (Å²) in [5, 5.41) is 27.5. The Morgan fingerprint density at radius 2 is 1.62 bits per heavy atom. The van der Waals surface area contributed by atoms with Crippen molar-refractivity contribution in [2.75, 3.05) is 0 Å². The lowest BCUT2D eigenvalue weighted by atomic mass is 10.1. The summed E-state index contributed by atoms with van der Waals surface area (Å²) in [5.41, 5.74) is -0.246. The van der Waals surface area contributed by atoms with Gasteiger partial charge in [-0.3, -0.25) is 19.5 Å². The van der Waals surface area contributed by atoms with Crippen LogP contribution < -0.4 is 4.84 Å². The lowest BCUT2D eigenvalue weighted by Gasteiger charge is -2.22. The molecule has 1 aromatic carbocycles. The van der Waals surface area contributed by atoms with Crippen molar-refractivity contribution in [3.05, 3.63) is 54.1 Å². The van der Waals surface area contributed by atoms with Gasteiger partial charge in [0.15, 0.2) is 0 Å². The normalized spacial score (nSPS) is 14.1. The molecule has 1 aromatic rings. The van der Waals surface area contributed by atoms with Crippen LogP contribution in [0.3, 0.4) is 0 Å². The molecule has 0 atom stereocenters. The molecular weight excluding hydrogens is 296 g/mol. The summed E-state index contributed by atoms with van der Waals surface area (Å²) in [6.07, 6.45) is 0.694. The molecule has 1 heterocycles. The van der Waals surface area contributed by atoms with Gasteiger partial charge in [-0.25, -0.2) is 0 Å². The zero-order chi connectivity index (χ0) is 15.6. The highest BCUT2D eigenvalue weighted by atomic mass is 17.1. The largest absolute Gasteiger partial charge is 0.326 e. The van der Waals surface area contributed by atoms with Crippen molar-refractivity contribution in [3.63, 3.8) is 0 Å². The molecule has 0 unspecified atom stereocenters. The molecule has 0 aliphatic carbocycles. The van der Waals surface area contributed by atoms with Gasteiger partial charge in [-0.05, 0) is 18.2 Å². The fourth-order valence-corrected chi connectivity index (χ4v) is 1.66. The number of fused-ring (bicyclic) bond motifs is 1. The number of aliphatic imine (C=N–C) groups is 1. The Balaban J connectivity index is 2.47. The van der Waals surface area contributed by atoms with Gasteiger partial charge in [0.2, 0.25) is 0 Å². The van der Waals surface area contributed by atoms with Crippen LogP contribution >= 0.6 is 0 Å². The summed E-state index contributed by atoms with van der Waals surface area (Å²) in [6, 6.07) is 3.25. The highest BCUT2D eigenvalue weighted by Crippen LogP contribution is 2.40. The van der Waals surface area contributed by atoms with Gasteiger partial charge in [0.25, 0.3) is 15.3 Å². The Hall–Kier alpha value is -3.51. The van der Waals surface area contributed by atoms with Crippen molar-refractivity contribution < 1.29 is 29.8 Å². The molecule has 2 rings (SSSR count). The lowest BCUT2D eigenvalue weighted by molar-refractivity contribution is -0.867. The van der Waals surface area contributed by atoms with Crippen LogP contribution in [0.2, 0.25) is 0 Å². The minimum atomic E-state index is -2.54. The third-order valence-corrected chi connectivity index (χ3v) is 2.32. The van der Waals surface area contributed by atoms with Gasteiger partial charge in [-0.2, -0.15) is 0 Å². The molecule has 0 saturated carbocycles. The Morgan fingerprint density at radius 1 is 1.00 bits per heavy atom. The van der Waals surface area contributed by atoms with Gasteiger partial charge in [0, 0.05) is 5.56 Å². The Morgan fingerprint density at radius 3 is 2.14 bits per heavy atom. The number of nitrogens with zero attached hydrogens (tertiary/aromatic N) is 4. The van der Waals surface area contributed by atoms with Crippen LogP contribution in [0.1, 0.15) is 5.56 Å². The SMILES string of the molecule is O=[N+]([O-])Oc1ccc2c(c1)C(O[N+](=O)[O-])(O[N+](=O)[O-])C=N2. The maximum atomic E-state index is 10.5. The molecule has 110 valence electrons. The first kappa shape index (κ1) is 13.9. The summed E-state index contributed by atoms with van der Waals surface area (Å²) < 4.78 is 0. The second-order valence-electron chi connectivity index (χ2n) is 3.55. The highest BCUT2D eigenvalue weighted by molar-refractivity contribution is 5.82. The van der Waals surface area contributed by atoms with Crippen molar-refractivity contribution in [1.29, 1.82) is 0 Å². The molecule has 21 heavy (non-hydrogen) atoms. The molecule has 0 amide bonds. The van der Waals surface area contributed by atoms with Gasteiger partial charge < -0.3 is 0 Å². The predicted molar refractivity (Wildman–Crippen MR) is 60.1 cm³/mol. The van der Waals surface area contributed by atoms with E-state index in [0.29, 0.717) is 6.21 Å². The van der Waals surface area contributed by atoms with E-state index in [-0.39, 0.29) is 17.0 Å². The van der Waals surface area contributed by atoms with Gasteiger partial charge in [0.1, 0.15) is 5.75 Å². The van der Waals surface area contributed by atoms with E-state index in [2.05, 4.69) is 19.5 Å². The van der Waals surface area contributed by atoms with E-state index in [1.807, 2.05) is 0 Å². The Bertz CT molecular complexity index is 641. The van der Waals surface area contributed by atoms with Crippen LogP contribution in [0, 0.1) is 30.3 Å². The molecule has 0 radical (unpaired) electrons. The lowest BCUT2D eigenvalue weighted by Crippen LogP contribution is -2.37. The maximum absolute atomic E-state index is 10.5. The van der Waals surface area contributed by atoms with Gasteiger partial charge in [-0.15, -0.1) is 30.3 Å². The average Bonchev–Trinajstić information content (AvgIpc) is 2.65. The number of benzene rings is 1. The van der Waals surface area contributed by atoms with Crippen molar-refractivity contribution >= 4 is 11.9 Å². The van der Waals surface area contributed by atoms with E-state index < -0.39 is 21.0 Å².